The summed E-state index contributed by atoms with van der Waals surface area (Å²) in [5.74, 6) is -0.228. The van der Waals surface area contributed by atoms with Gasteiger partial charge in [-0.1, -0.05) is 106 Å². The molecule has 33 heavy (non-hydrogen) atoms. The molecule has 3 rings (SSSR count). The Balaban J connectivity index is 1.93. The number of rotatable bonds is 12. The summed E-state index contributed by atoms with van der Waals surface area (Å²) in [6, 6.07) is 23.1. The highest BCUT2D eigenvalue weighted by Gasteiger charge is 2.16. The highest BCUT2D eigenvalue weighted by molar-refractivity contribution is 5.95. The first-order valence-corrected chi connectivity index (χ1v) is 12.6. The van der Waals surface area contributed by atoms with Gasteiger partial charge in [0.05, 0.1) is 12.2 Å². The van der Waals surface area contributed by atoms with Gasteiger partial charge < -0.3 is 4.74 Å². The Hall–Kier alpha value is -2.87. The molecule has 2 heteroatoms. The quantitative estimate of drug-likeness (QED) is 0.207. The molecule has 2 nitrogen and oxygen atoms in total. The van der Waals surface area contributed by atoms with Crippen molar-refractivity contribution in [2.45, 2.75) is 72.1 Å². The second kappa shape index (κ2) is 13.0. The summed E-state index contributed by atoms with van der Waals surface area (Å²) < 4.78 is 5.62. The first-order valence-electron chi connectivity index (χ1n) is 12.6. The van der Waals surface area contributed by atoms with Gasteiger partial charge >= 0.3 is 5.97 Å². The molecule has 0 aliphatic rings. The van der Waals surface area contributed by atoms with E-state index in [2.05, 4.69) is 69.3 Å². The van der Waals surface area contributed by atoms with Gasteiger partial charge in [0, 0.05) is 0 Å². The fourth-order valence-electron chi connectivity index (χ4n) is 4.28. The van der Waals surface area contributed by atoms with Crippen LogP contribution in [0.5, 0.6) is 0 Å². The Bertz CT molecular complexity index is 1020. The number of carbonyl (C=O) groups excluding carboxylic acids is 1. The Morgan fingerprint density at radius 1 is 0.727 bits per heavy atom. The smallest absolute Gasteiger partial charge is 0.338 e. The SMILES string of the molecule is CCCCCCCOC(=O)c1ccc(-c2ccccc2)c(-c2ccc(C)cc2CCCC)c1. The molecule has 3 aromatic rings. The maximum absolute atomic E-state index is 12.9. The molecule has 0 bridgehead atoms. The van der Waals surface area contributed by atoms with Gasteiger partial charge in [0.1, 0.15) is 0 Å². The number of benzene rings is 3. The van der Waals surface area contributed by atoms with E-state index in [1.54, 1.807) is 0 Å². The fraction of sp³-hybridized carbons (Fsp3) is 0.387. The molecule has 0 amide bonds. The third-order valence-corrected chi connectivity index (χ3v) is 6.17. The molecule has 0 aliphatic heterocycles. The van der Waals surface area contributed by atoms with Crippen molar-refractivity contribution in [2.75, 3.05) is 6.61 Å². The summed E-state index contributed by atoms with van der Waals surface area (Å²) in [6.07, 6.45) is 9.06. The lowest BCUT2D eigenvalue weighted by Crippen LogP contribution is -2.07. The van der Waals surface area contributed by atoms with Crippen LogP contribution in [-0.4, -0.2) is 12.6 Å². The zero-order chi connectivity index (χ0) is 23.5. The van der Waals surface area contributed by atoms with Gasteiger partial charge in [-0.15, -0.1) is 0 Å². The first-order chi connectivity index (χ1) is 16.1. The van der Waals surface area contributed by atoms with E-state index in [0.717, 1.165) is 48.8 Å². The summed E-state index contributed by atoms with van der Waals surface area (Å²) in [4.78, 5) is 12.9. The Morgan fingerprint density at radius 3 is 2.21 bits per heavy atom. The lowest BCUT2D eigenvalue weighted by atomic mass is 9.88. The van der Waals surface area contributed by atoms with Crippen molar-refractivity contribution in [3.63, 3.8) is 0 Å². The molecule has 0 N–H and O–H groups in total. The topological polar surface area (TPSA) is 26.3 Å². The van der Waals surface area contributed by atoms with Gasteiger partial charge in [-0.05, 0) is 66.1 Å². The van der Waals surface area contributed by atoms with Gasteiger partial charge in [-0.3, -0.25) is 0 Å². The number of ether oxygens (including phenoxy) is 1. The van der Waals surface area contributed by atoms with Crippen LogP contribution in [0.1, 0.15) is 80.3 Å². The van der Waals surface area contributed by atoms with E-state index in [9.17, 15) is 4.79 Å². The van der Waals surface area contributed by atoms with Crippen LogP contribution in [0.2, 0.25) is 0 Å². The van der Waals surface area contributed by atoms with Crippen molar-refractivity contribution < 1.29 is 9.53 Å². The molecule has 0 fully saturated rings. The molecule has 0 saturated heterocycles. The molecule has 0 heterocycles. The van der Waals surface area contributed by atoms with Crippen LogP contribution in [0.3, 0.4) is 0 Å². The number of unbranched alkanes of at least 4 members (excludes halogenated alkanes) is 5. The molecule has 174 valence electrons. The first kappa shape index (κ1) is 24.8. The molecule has 0 spiro atoms. The molecule has 0 aromatic heterocycles. The van der Waals surface area contributed by atoms with Crippen molar-refractivity contribution in [2.24, 2.45) is 0 Å². The van der Waals surface area contributed by atoms with E-state index in [4.69, 9.17) is 4.74 Å². The summed E-state index contributed by atoms with van der Waals surface area (Å²) in [5.41, 5.74) is 7.85. The van der Waals surface area contributed by atoms with E-state index in [0.29, 0.717) is 12.2 Å². The highest BCUT2D eigenvalue weighted by Crippen LogP contribution is 2.36. The maximum Gasteiger partial charge on any atom is 0.338 e. The van der Waals surface area contributed by atoms with Crippen LogP contribution in [0.15, 0.2) is 66.7 Å². The molecule has 0 saturated carbocycles. The summed E-state index contributed by atoms with van der Waals surface area (Å²) in [7, 11) is 0. The van der Waals surface area contributed by atoms with Crippen molar-refractivity contribution in [3.8, 4) is 22.3 Å². The number of aryl methyl sites for hydroxylation is 2. The van der Waals surface area contributed by atoms with Crippen LogP contribution >= 0.6 is 0 Å². The van der Waals surface area contributed by atoms with E-state index in [1.807, 2.05) is 18.2 Å². The minimum Gasteiger partial charge on any atom is -0.462 e. The number of carbonyl (C=O) groups is 1. The molecule has 0 atom stereocenters. The maximum atomic E-state index is 12.9. The van der Waals surface area contributed by atoms with Crippen molar-refractivity contribution in [3.05, 3.63) is 83.4 Å². The molecule has 0 aliphatic carbocycles. The number of hydrogen-bond acceptors (Lipinski definition) is 2. The van der Waals surface area contributed by atoms with E-state index >= 15 is 0 Å². The number of esters is 1. The van der Waals surface area contributed by atoms with Gasteiger partial charge in [0.15, 0.2) is 0 Å². The van der Waals surface area contributed by atoms with Crippen molar-refractivity contribution in [1.82, 2.24) is 0 Å². The average molecular weight is 443 g/mol. The minimum absolute atomic E-state index is 0.228. The second-order valence-electron chi connectivity index (χ2n) is 8.94. The number of hydrogen-bond donors (Lipinski definition) is 0. The van der Waals surface area contributed by atoms with Crippen LogP contribution < -0.4 is 0 Å². The van der Waals surface area contributed by atoms with Crippen LogP contribution in [0.4, 0.5) is 0 Å². The van der Waals surface area contributed by atoms with Gasteiger partial charge in [0.2, 0.25) is 0 Å². The largest absolute Gasteiger partial charge is 0.462 e. The monoisotopic (exact) mass is 442 g/mol. The van der Waals surface area contributed by atoms with E-state index in [-0.39, 0.29) is 5.97 Å². The standard InChI is InChI=1S/C31H38O2/c1-4-6-8-9-13-21-33-31(32)27-18-20-28(25-15-11-10-12-16-25)30(23-27)29-19-17-24(3)22-26(29)14-7-5-2/h10-12,15-20,22-23H,4-9,13-14,21H2,1-3H3. The molecule has 3 aromatic carbocycles. The predicted octanol–water partition coefficient (Wildman–Crippen LogP) is 8.80. The van der Waals surface area contributed by atoms with E-state index in [1.165, 1.54) is 36.0 Å². The minimum atomic E-state index is -0.228. The van der Waals surface area contributed by atoms with Crippen LogP contribution in [0.25, 0.3) is 22.3 Å². The third-order valence-electron chi connectivity index (χ3n) is 6.17. The van der Waals surface area contributed by atoms with Crippen LogP contribution in [-0.2, 0) is 11.2 Å². The second-order valence-corrected chi connectivity index (χ2v) is 8.94. The van der Waals surface area contributed by atoms with Crippen molar-refractivity contribution >= 4 is 5.97 Å². The molecular formula is C31H38O2. The molecular weight excluding hydrogens is 404 g/mol. The normalized spacial score (nSPS) is 10.9. The molecule has 0 unspecified atom stereocenters. The average Bonchev–Trinajstić information content (AvgIpc) is 2.85. The Morgan fingerprint density at radius 2 is 1.45 bits per heavy atom. The van der Waals surface area contributed by atoms with Gasteiger partial charge in [-0.25, -0.2) is 4.79 Å². The lowest BCUT2D eigenvalue weighted by molar-refractivity contribution is 0.0497. The Labute approximate surface area is 200 Å². The summed E-state index contributed by atoms with van der Waals surface area (Å²) in [6.45, 7) is 7.07. The van der Waals surface area contributed by atoms with Gasteiger partial charge in [0.25, 0.3) is 0 Å². The Kier molecular flexibility index (Phi) is 9.75. The zero-order valence-electron chi connectivity index (χ0n) is 20.5. The highest BCUT2D eigenvalue weighted by atomic mass is 16.5. The van der Waals surface area contributed by atoms with Crippen molar-refractivity contribution in [1.29, 1.82) is 0 Å². The lowest BCUT2D eigenvalue weighted by Gasteiger charge is -2.17. The summed E-state index contributed by atoms with van der Waals surface area (Å²) in [5, 5.41) is 0. The fourth-order valence-corrected chi connectivity index (χ4v) is 4.28. The predicted molar refractivity (Wildman–Crippen MR) is 140 cm³/mol. The summed E-state index contributed by atoms with van der Waals surface area (Å²) >= 11 is 0. The van der Waals surface area contributed by atoms with E-state index < -0.39 is 0 Å². The molecule has 0 radical (unpaired) electrons. The third kappa shape index (κ3) is 7.05. The van der Waals surface area contributed by atoms with Gasteiger partial charge in [-0.2, -0.15) is 0 Å². The van der Waals surface area contributed by atoms with Crippen LogP contribution in [0, 0.1) is 6.92 Å². The zero-order valence-corrected chi connectivity index (χ0v) is 20.5.